The molecular weight excluding hydrogens is 400 g/mol. The van der Waals surface area contributed by atoms with E-state index in [1.807, 2.05) is 35.2 Å². The number of para-hydroxylation sites is 1. The first-order valence-electron chi connectivity index (χ1n) is 10.5. The third kappa shape index (κ3) is 6.51. The molecule has 2 aromatic rings. The zero-order chi connectivity index (χ0) is 21.3. The maximum atomic E-state index is 12.4. The number of nitrogens with zero attached hydrogens (tertiary/aromatic N) is 4. The first kappa shape index (κ1) is 21.3. The number of urea groups is 1. The van der Waals surface area contributed by atoms with Crippen molar-refractivity contribution in [3.63, 3.8) is 0 Å². The summed E-state index contributed by atoms with van der Waals surface area (Å²) in [5.74, 6) is 1.33. The Morgan fingerprint density at radius 1 is 0.968 bits per heavy atom. The first-order valence-corrected chi connectivity index (χ1v) is 10.5. The number of carbonyl (C=O) groups is 1. The van der Waals surface area contributed by atoms with Crippen LogP contribution < -0.4 is 20.3 Å². The van der Waals surface area contributed by atoms with Gasteiger partial charge in [-0.05, 0) is 12.1 Å². The van der Waals surface area contributed by atoms with E-state index < -0.39 is 0 Å². The van der Waals surface area contributed by atoms with Gasteiger partial charge >= 0.3 is 6.03 Å². The molecule has 3 heterocycles. The lowest BCUT2D eigenvalue weighted by atomic mass is 10.3. The quantitative estimate of drug-likeness (QED) is 0.687. The minimum atomic E-state index is -0.378. The summed E-state index contributed by atoms with van der Waals surface area (Å²) >= 11 is 0. The second-order valence-electron chi connectivity index (χ2n) is 7.24. The van der Waals surface area contributed by atoms with Gasteiger partial charge in [0.1, 0.15) is 12.4 Å². The van der Waals surface area contributed by atoms with Crippen LogP contribution in [0.1, 0.15) is 0 Å². The van der Waals surface area contributed by atoms with E-state index in [-0.39, 0.29) is 6.03 Å². The molecule has 4 rings (SSSR count). The van der Waals surface area contributed by atoms with Crippen LogP contribution in [-0.4, -0.2) is 86.7 Å². The second-order valence-corrected chi connectivity index (χ2v) is 7.24. The fraction of sp³-hybridized carbons (Fsp3) is 0.476. The van der Waals surface area contributed by atoms with E-state index in [4.69, 9.17) is 14.2 Å². The topological polar surface area (TPSA) is 101 Å². The maximum absolute atomic E-state index is 12.4. The van der Waals surface area contributed by atoms with Gasteiger partial charge in [0, 0.05) is 44.5 Å². The molecule has 0 spiro atoms. The fourth-order valence-corrected chi connectivity index (χ4v) is 3.36. The Kier molecular flexibility index (Phi) is 7.48. The van der Waals surface area contributed by atoms with Crippen LogP contribution in [0.3, 0.4) is 0 Å². The molecule has 10 nitrogen and oxygen atoms in total. The summed E-state index contributed by atoms with van der Waals surface area (Å²) in [5.41, 5.74) is 0.699. The average Bonchev–Trinajstić information content (AvgIpc) is 2.81. The van der Waals surface area contributed by atoms with Gasteiger partial charge in [-0.25, -0.2) is 4.79 Å². The molecule has 10 heteroatoms. The molecular formula is C21H28N6O4. The number of benzene rings is 1. The van der Waals surface area contributed by atoms with E-state index in [0.717, 1.165) is 32.8 Å². The molecule has 0 radical (unpaired) electrons. The van der Waals surface area contributed by atoms with Crippen molar-refractivity contribution in [1.82, 2.24) is 14.9 Å². The minimum Gasteiger partial charge on any atom is -0.476 e. The number of rotatable bonds is 7. The number of carbonyl (C=O) groups excluding carboxylic acids is 1. The maximum Gasteiger partial charge on any atom is 0.324 e. The highest BCUT2D eigenvalue weighted by Crippen LogP contribution is 2.20. The number of anilines is 3. The van der Waals surface area contributed by atoms with Gasteiger partial charge in [0.15, 0.2) is 0 Å². The third-order valence-electron chi connectivity index (χ3n) is 5.02. The van der Waals surface area contributed by atoms with Crippen molar-refractivity contribution in [2.45, 2.75) is 0 Å². The van der Waals surface area contributed by atoms with Crippen LogP contribution in [0.25, 0.3) is 0 Å². The molecule has 0 aliphatic carbocycles. The molecule has 31 heavy (non-hydrogen) atoms. The van der Waals surface area contributed by atoms with Crippen molar-refractivity contribution in [3.05, 3.63) is 36.4 Å². The predicted molar refractivity (Wildman–Crippen MR) is 117 cm³/mol. The van der Waals surface area contributed by atoms with Crippen LogP contribution >= 0.6 is 0 Å². The summed E-state index contributed by atoms with van der Waals surface area (Å²) in [7, 11) is 0. The summed E-state index contributed by atoms with van der Waals surface area (Å²) in [6.45, 7) is 7.19. The van der Waals surface area contributed by atoms with Crippen molar-refractivity contribution >= 4 is 23.5 Å². The molecule has 166 valence electrons. The molecule has 2 amide bonds. The minimum absolute atomic E-state index is 0.378. The Bertz CT molecular complexity index is 841. The molecule has 1 aromatic carbocycles. The van der Waals surface area contributed by atoms with Crippen LogP contribution in [0.15, 0.2) is 36.4 Å². The molecule has 2 aliphatic rings. The van der Waals surface area contributed by atoms with Gasteiger partial charge in [0.25, 0.3) is 0 Å². The fourth-order valence-electron chi connectivity index (χ4n) is 3.36. The van der Waals surface area contributed by atoms with Crippen LogP contribution in [0.2, 0.25) is 0 Å². The zero-order valence-electron chi connectivity index (χ0n) is 17.5. The van der Waals surface area contributed by atoms with E-state index in [1.165, 1.54) is 0 Å². The lowest BCUT2D eigenvalue weighted by Gasteiger charge is -2.28. The number of morpholine rings is 2. The van der Waals surface area contributed by atoms with Crippen molar-refractivity contribution in [2.24, 2.45) is 0 Å². The highest BCUT2D eigenvalue weighted by atomic mass is 16.5. The highest BCUT2D eigenvalue weighted by Gasteiger charge is 2.18. The van der Waals surface area contributed by atoms with Gasteiger partial charge in [-0.15, -0.1) is 0 Å². The van der Waals surface area contributed by atoms with Crippen LogP contribution in [0.4, 0.5) is 22.2 Å². The van der Waals surface area contributed by atoms with Gasteiger partial charge in [-0.3, -0.25) is 10.2 Å². The average molecular weight is 428 g/mol. The van der Waals surface area contributed by atoms with Crippen LogP contribution in [0.5, 0.6) is 5.88 Å². The number of nitrogens with one attached hydrogen (secondary N) is 2. The zero-order valence-corrected chi connectivity index (χ0v) is 17.5. The number of aromatic nitrogens is 2. The Balaban J connectivity index is 1.42. The highest BCUT2D eigenvalue weighted by molar-refractivity contribution is 5.99. The van der Waals surface area contributed by atoms with Crippen molar-refractivity contribution in [1.29, 1.82) is 0 Å². The number of hydrogen-bond donors (Lipinski definition) is 2. The van der Waals surface area contributed by atoms with Crippen molar-refractivity contribution in [2.75, 3.05) is 81.3 Å². The largest absolute Gasteiger partial charge is 0.476 e. The third-order valence-corrected chi connectivity index (χ3v) is 5.02. The summed E-state index contributed by atoms with van der Waals surface area (Å²) in [6, 6.07) is 10.5. The molecule has 0 atom stereocenters. The molecule has 0 bridgehead atoms. The monoisotopic (exact) mass is 428 g/mol. The lowest BCUT2D eigenvalue weighted by molar-refractivity contribution is 0.0320. The molecule has 0 unspecified atom stereocenters. The van der Waals surface area contributed by atoms with Crippen molar-refractivity contribution in [3.8, 4) is 5.88 Å². The van der Waals surface area contributed by atoms with E-state index in [1.54, 1.807) is 6.07 Å². The SMILES string of the molecule is O=C(Nc1ccccc1)Nc1cc(OCCN2CCOCC2)nc(N2CCOCC2)n1. The van der Waals surface area contributed by atoms with Crippen LogP contribution in [-0.2, 0) is 9.47 Å². The van der Waals surface area contributed by atoms with E-state index >= 15 is 0 Å². The number of ether oxygens (including phenoxy) is 3. The van der Waals surface area contributed by atoms with E-state index in [0.29, 0.717) is 56.2 Å². The number of hydrogen-bond acceptors (Lipinski definition) is 8. The van der Waals surface area contributed by atoms with E-state index in [9.17, 15) is 4.79 Å². The van der Waals surface area contributed by atoms with E-state index in [2.05, 4.69) is 25.5 Å². The van der Waals surface area contributed by atoms with Gasteiger partial charge < -0.3 is 24.4 Å². The molecule has 2 N–H and O–H groups in total. The van der Waals surface area contributed by atoms with Gasteiger partial charge in [-0.1, -0.05) is 18.2 Å². The Morgan fingerprint density at radius 2 is 1.68 bits per heavy atom. The van der Waals surface area contributed by atoms with Crippen LogP contribution in [0, 0.1) is 0 Å². The van der Waals surface area contributed by atoms with Gasteiger partial charge in [0.2, 0.25) is 11.8 Å². The van der Waals surface area contributed by atoms with Gasteiger partial charge in [0.05, 0.1) is 26.4 Å². The summed E-state index contributed by atoms with van der Waals surface area (Å²) in [4.78, 5) is 25.8. The first-order chi connectivity index (χ1) is 15.3. The molecule has 2 fully saturated rings. The summed E-state index contributed by atoms with van der Waals surface area (Å²) < 4.78 is 16.7. The Labute approximate surface area is 181 Å². The standard InChI is InChI=1S/C21H28N6O4/c28-21(22-17-4-2-1-3-5-17)24-18-16-19(31-15-8-26-6-11-29-12-7-26)25-20(23-18)27-9-13-30-14-10-27/h1-5,16H,6-15H2,(H2,22,23,24,25,28). The Morgan fingerprint density at radius 3 is 2.42 bits per heavy atom. The second kappa shape index (κ2) is 10.9. The molecule has 1 aromatic heterocycles. The summed E-state index contributed by atoms with van der Waals surface area (Å²) in [6.07, 6.45) is 0. The normalized spacial score (nSPS) is 17.2. The summed E-state index contributed by atoms with van der Waals surface area (Å²) in [5, 5.41) is 5.58. The molecule has 0 saturated carbocycles. The Hall–Kier alpha value is -2.95. The molecule has 2 saturated heterocycles. The smallest absolute Gasteiger partial charge is 0.324 e. The molecule has 2 aliphatic heterocycles. The predicted octanol–water partition coefficient (Wildman–Crippen LogP) is 1.67. The number of amides is 2. The van der Waals surface area contributed by atoms with Crippen molar-refractivity contribution < 1.29 is 19.0 Å². The van der Waals surface area contributed by atoms with Gasteiger partial charge in [-0.2, -0.15) is 9.97 Å². The lowest BCUT2D eigenvalue weighted by Crippen LogP contribution is -2.39.